The quantitative estimate of drug-likeness (QED) is 0.895. The molecule has 132 valence electrons. The molecule has 2 atom stereocenters. The lowest BCUT2D eigenvalue weighted by molar-refractivity contribution is -0.118. The summed E-state index contributed by atoms with van der Waals surface area (Å²) in [6.07, 6.45) is 0.120. The zero-order valence-corrected chi connectivity index (χ0v) is 13.3. The standard InChI is InChI=1S/C16H17F2N5O2/c17-16(18)6-11(8-22-7-10-2-1-4-20-12(10)9-22)25-14(16)23-5-3-13(19)21-15(23)24/h1-5,11,14H,6-9H2,(H2,19,21,24)/t11-,14+/m0/s1. The van der Waals surface area contributed by atoms with Crippen molar-refractivity contribution in [2.45, 2.75) is 37.8 Å². The smallest absolute Gasteiger partial charge is 0.351 e. The van der Waals surface area contributed by atoms with Crippen LogP contribution in [0.1, 0.15) is 23.9 Å². The molecule has 4 rings (SSSR count). The maximum atomic E-state index is 14.4. The van der Waals surface area contributed by atoms with Gasteiger partial charge in [0.15, 0.2) is 0 Å². The number of fused-ring (bicyclic) bond motifs is 1. The highest BCUT2D eigenvalue weighted by Gasteiger charge is 2.52. The number of aromatic nitrogens is 3. The van der Waals surface area contributed by atoms with E-state index in [1.807, 2.05) is 17.0 Å². The summed E-state index contributed by atoms with van der Waals surface area (Å²) in [6.45, 7) is 1.61. The number of hydrogen-bond donors (Lipinski definition) is 1. The van der Waals surface area contributed by atoms with Gasteiger partial charge in [0.05, 0.1) is 11.8 Å². The third-order valence-electron chi connectivity index (χ3n) is 4.50. The Hall–Kier alpha value is -2.39. The lowest BCUT2D eigenvalue weighted by atomic mass is 10.1. The van der Waals surface area contributed by atoms with E-state index in [1.165, 1.54) is 12.3 Å². The molecule has 7 nitrogen and oxygen atoms in total. The molecule has 0 bridgehead atoms. The van der Waals surface area contributed by atoms with E-state index in [9.17, 15) is 13.6 Å². The van der Waals surface area contributed by atoms with Crippen molar-refractivity contribution in [1.29, 1.82) is 0 Å². The van der Waals surface area contributed by atoms with Crippen LogP contribution in [-0.2, 0) is 17.8 Å². The van der Waals surface area contributed by atoms with E-state index < -0.39 is 30.4 Å². The van der Waals surface area contributed by atoms with Gasteiger partial charge < -0.3 is 10.5 Å². The molecule has 2 N–H and O–H groups in total. The lowest BCUT2D eigenvalue weighted by Gasteiger charge is -2.21. The second kappa shape index (κ2) is 5.85. The number of rotatable bonds is 3. The summed E-state index contributed by atoms with van der Waals surface area (Å²) < 4.78 is 35.1. The van der Waals surface area contributed by atoms with Crippen molar-refractivity contribution < 1.29 is 13.5 Å². The Bertz CT molecular complexity index is 831. The number of alkyl halides is 2. The summed E-state index contributed by atoms with van der Waals surface area (Å²) in [5.41, 5.74) is 6.62. The van der Waals surface area contributed by atoms with E-state index in [0.717, 1.165) is 15.8 Å². The van der Waals surface area contributed by atoms with Crippen LogP contribution in [0.4, 0.5) is 14.6 Å². The minimum absolute atomic E-state index is 0.0126. The molecule has 4 heterocycles. The van der Waals surface area contributed by atoms with Gasteiger partial charge in [-0.05, 0) is 17.7 Å². The van der Waals surface area contributed by atoms with Crippen molar-refractivity contribution >= 4 is 5.82 Å². The Morgan fingerprint density at radius 3 is 2.96 bits per heavy atom. The molecule has 0 saturated carbocycles. The predicted molar refractivity (Wildman–Crippen MR) is 84.7 cm³/mol. The second-order valence-electron chi connectivity index (χ2n) is 6.40. The normalized spacial score (nSPS) is 25.2. The maximum Gasteiger partial charge on any atom is 0.351 e. The van der Waals surface area contributed by atoms with Crippen LogP contribution in [0, 0.1) is 0 Å². The van der Waals surface area contributed by atoms with Gasteiger partial charge in [-0.25, -0.2) is 13.6 Å². The molecule has 0 aromatic carbocycles. The average molecular weight is 349 g/mol. The summed E-state index contributed by atoms with van der Waals surface area (Å²) >= 11 is 0. The Morgan fingerprint density at radius 1 is 1.36 bits per heavy atom. The molecule has 2 aliphatic rings. The van der Waals surface area contributed by atoms with E-state index in [1.54, 1.807) is 6.20 Å². The molecule has 1 saturated heterocycles. The van der Waals surface area contributed by atoms with Gasteiger partial charge in [-0.15, -0.1) is 0 Å². The fourth-order valence-corrected chi connectivity index (χ4v) is 3.40. The topological polar surface area (TPSA) is 86.3 Å². The number of halogens is 2. The molecule has 25 heavy (non-hydrogen) atoms. The van der Waals surface area contributed by atoms with Gasteiger partial charge in [0.2, 0.25) is 6.23 Å². The molecule has 2 aromatic heterocycles. The molecule has 2 aromatic rings. The van der Waals surface area contributed by atoms with Crippen LogP contribution in [0.2, 0.25) is 0 Å². The molecular formula is C16H17F2N5O2. The Balaban J connectivity index is 1.48. The monoisotopic (exact) mass is 349 g/mol. The highest BCUT2D eigenvalue weighted by molar-refractivity contribution is 5.24. The highest BCUT2D eigenvalue weighted by Crippen LogP contribution is 2.42. The molecule has 0 aliphatic carbocycles. The van der Waals surface area contributed by atoms with Crippen molar-refractivity contribution in [1.82, 2.24) is 19.4 Å². The number of nitrogens with two attached hydrogens (primary N) is 1. The third-order valence-corrected chi connectivity index (χ3v) is 4.50. The van der Waals surface area contributed by atoms with Crippen molar-refractivity contribution in [2.24, 2.45) is 0 Å². The number of ether oxygens (including phenoxy) is 1. The molecule has 0 unspecified atom stereocenters. The van der Waals surface area contributed by atoms with Crippen LogP contribution in [0.15, 0.2) is 35.4 Å². The lowest BCUT2D eigenvalue weighted by Crippen LogP contribution is -2.35. The van der Waals surface area contributed by atoms with Crippen LogP contribution in [0.3, 0.4) is 0 Å². The predicted octanol–water partition coefficient (Wildman–Crippen LogP) is 1.16. The number of anilines is 1. The largest absolute Gasteiger partial charge is 0.383 e. The van der Waals surface area contributed by atoms with Crippen LogP contribution >= 0.6 is 0 Å². The average Bonchev–Trinajstić information content (AvgIpc) is 3.07. The molecule has 2 aliphatic heterocycles. The Morgan fingerprint density at radius 2 is 2.20 bits per heavy atom. The fourth-order valence-electron chi connectivity index (χ4n) is 3.40. The van der Waals surface area contributed by atoms with E-state index in [0.29, 0.717) is 19.6 Å². The zero-order chi connectivity index (χ0) is 17.6. The van der Waals surface area contributed by atoms with Gasteiger partial charge in [-0.2, -0.15) is 4.98 Å². The zero-order valence-electron chi connectivity index (χ0n) is 13.3. The Kier molecular flexibility index (Phi) is 3.77. The molecule has 0 radical (unpaired) electrons. The van der Waals surface area contributed by atoms with Gasteiger partial charge >= 0.3 is 5.69 Å². The first kappa shape index (κ1) is 16.1. The SMILES string of the molecule is Nc1ccn([C@@H]2O[C@H](CN3Cc4cccnc4C3)CC2(F)F)c(=O)n1. The van der Waals surface area contributed by atoms with E-state index in [4.69, 9.17) is 10.5 Å². The minimum atomic E-state index is -3.16. The summed E-state index contributed by atoms with van der Waals surface area (Å²) in [5, 5.41) is 0. The van der Waals surface area contributed by atoms with Crippen molar-refractivity contribution in [3.8, 4) is 0 Å². The molecule has 1 fully saturated rings. The molecule has 9 heteroatoms. The van der Waals surface area contributed by atoms with Gasteiger partial charge in [0.1, 0.15) is 5.82 Å². The van der Waals surface area contributed by atoms with Crippen molar-refractivity contribution in [3.63, 3.8) is 0 Å². The minimum Gasteiger partial charge on any atom is -0.383 e. The van der Waals surface area contributed by atoms with E-state index >= 15 is 0 Å². The van der Waals surface area contributed by atoms with Gasteiger partial charge in [0.25, 0.3) is 5.92 Å². The fraction of sp³-hybridized carbons (Fsp3) is 0.438. The first-order valence-electron chi connectivity index (χ1n) is 7.95. The number of nitrogen functional groups attached to an aromatic ring is 1. The van der Waals surface area contributed by atoms with Crippen molar-refractivity contribution in [3.05, 3.63) is 52.3 Å². The van der Waals surface area contributed by atoms with Crippen molar-refractivity contribution in [2.75, 3.05) is 12.3 Å². The highest BCUT2D eigenvalue weighted by atomic mass is 19.3. The summed E-state index contributed by atoms with van der Waals surface area (Å²) in [6, 6.07) is 5.14. The molecule has 0 spiro atoms. The van der Waals surface area contributed by atoms with E-state index in [2.05, 4.69) is 9.97 Å². The van der Waals surface area contributed by atoms with Crippen LogP contribution in [0.5, 0.6) is 0 Å². The summed E-state index contributed by atoms with van der Waals surface area (Å²) in [4.78, 5) is 21.7. The summed E-state index contributed by atoms with van der Waals surface area (Å²) in [7, 11) is 0. The maximum absolute atomic E-state index is 14.4. The van der Waals surface area contributed by atoms with Gasteiger partial charge in [-0.3, -0.25) is 14.5 Å². The number of nitrogens with zero attached hydrogens (tertiary/aromatic N) is 4. The summed E-state index contributed by atoms with van der Waals surface area (Å²) in [5.74, 6) is -3.17. The molecular weight excluding hydrogens is 332 g/mol. The number of hydrogen-bond acceptors (Lipinski definition) is 6. The van der Waals surface area contributed by atoms with Crippen LogP contribution in [0.25, 0.3) is 0 Å². The van der Waals surface area contributed by atoms with Crippen LogP contribution < -0.4 is 11.4 Å². The van der Waals surface area contributed by atoms with E-state index in [-0.39, 0.29) is 5.82 Å². The second-order valence-corrected chi connectivity index (χ2v) is 6.40. The van der Waals surface area contributed by atoms with Gasteiger partial charge in [0, 0.05) is 38.4 Å². The van der Waals surface area contributed by atoms with Gasteiger partial charge in [-0.1, -0.05) is 6.07 Å². The molecule has 0 amide bonds. The first-order valence-corrected chi connectivity index (χ1v) is 7.95. The first-order chi connectivity index (χ1) is 11.9. The van der Waals surface area contributed by atoms with Crippen LogP contribution in [-0.4, -0.2) is 38.0 Å². The number of pyridine rings is 1. The third kappa shape index (κ3) is 3.00. The Labute approximate surface area is 142 Å².